The molecule has 1 fully saturated rings. The fourth-order valence-electron chi connectivity index (χ4n) is 2.35. The van der Waals surface area contributed by atoms with Crippen LogP contribution in [-0.2, 0) is 0 Å². The van der Waals surface area contributed by atoms with Gasteiger partial charge in [0.25, 0.3) is 5.56 Å². The predicted molar refractivity (Wildman–Crippen MR) is 92.8 cm³/mol. The summed E-state index contributed by atoms with van der Waals surface area (Å²) in [5, 5.41) is 5.30. The lowest BCUT2D eigenvalue weighted by molar-refractivity contribution is 0.870. The molecule has 0 bridgehead atoms. The maximum atomic E-state index is 12.2. The van der Waals surface area contributed by atoms with Gasteiger partial charge in [0.15, 0.2) is 10.8 Å². The number of alkyl halides is 2. The zero-order valence-corrected chi connectivity index (χ0v) is 14.2. The van der Waals surface area contributed by atoms with Gasteiger partial charge in [-0.3, -0.25) is 4.79 Å². The van der Waals surface area contributed by atoms with Crippen molar-refractivity contribution in [3.8, 4) is 5.69 Å². The Bertz CT molecular complexity index is 922. The Kier molecular flexibility index (Phi) is 3.63. The van der Waals surface area contributed by atoms with Crippen LogP contribution in [0.25, 0.3) is 16.7 Å². The summed E-state index contributed by atoms with van der Waals surface area (Å²) >= 11 is 13.5. The number of benzene rings is 1. The molecule has 5 nitrogen and oxygen atoms in total. The summed E-state index contributed by atoms with van der Waals surface area (Å²) in [6, 6.07) is 9.60. The highest BCUT2D eigenvalue weighted by Gasteiger charge is 2.51. The molecule has 23 heavy (non-hydrogen) atoms. The van der Waals surface area contributed by atoms with Crippen molar-refractivity contribution in [3.63, 3.8) is 0 Å². The topological polar surface area (TPSA) is 63.6 Å². The lowest BCUT2D eigenvalue weighted by Crippen LogP contribution is -2.10. The number of hydrogen-bond donors (Lipinski definition) is 1. The number of hydrogen-bond acceptors (Lipinski definition) is 4. The quantitative estimate of drug-likeness (QED) is 0.436. The van der Waals surface area contributed by atoms with Gasteiger partial charge in [-0.1, -0.05) is 30.0 Å². The Morgan fingerprint density at radius 1 is 1.35 bits per heavy atom. The van der Waals surface area contributed by atoms with Crippen molar-refractivity contribution in [1.82, 2.24) is 19.7 Å². The molecule has 1 atom stereocenters. The van der Waals surface area contributed by atoms with E-state index in [1.807, 2.05) is 30.3 Å². The first-order valence-electron chi connectivity index (χ1n) is 7.09. The zero-order valence-electron chi connectivity index (χ0n) is 11.9. The van der Waals surface area contributed by atoms with Crippen molar-refractivity contribution in [2.75, 3.05) is 5.75 Å². The van der Waals surface area contributed by atoms with E-state index >= 15 is 0 Å². The van der Waals surface area contributed by atoms with Gasteiger partial charge in [-0.05, 0) is 18.6 Å². The third-order valence-corrected chi connectivity index (χ3v) is 5.76. The molecule has 0 spiro atoms. The molecule has 1 N–H and O–H groups in total. The summed E-state index contributed by atoms with van der Waals surface area (Å²) in [7, 11) is 0. The number of rotatable bonds is 4. The number of fused-ring (bicyclic) bond motifs is 1. The van der Waals surface area contributed by atoms with Crippen molar-refractivity contribution >= 4 is 46.0 Å². The van der Waals surface area contributed by atoms with E-state index < -0.39 is 4.33 Å². The van der Waals surface area contributed by atoms with E-state index in [4.69, 9.17) is 23.2 Å². The molecule has 8 heteroatoms. The van der Waals surface area contributed by atoms with Gasteiger partial charge in [-0.25, -0.2) is 9.67 Å². The smallest absolute Gasteiger partial charge is 0.262 e. The standard InChI is InChI=1S/C15H12Cl2N4OS/c16-15(17)6-9(15)8-23-14-19-12-11(13(22)20-14)7-18-21(12)10-4-2-1-3-5-10/h1-5,7,9H,6,8H2,(H,19,20,22)/t9-/m0/s1. The Labute approximate surface area is 146 Å². The van der Waals surface area contributed by atoms with E-state index in [-0.39, 0.29) is 11.5 Å². The third kappa shape index (κ3) is 2.86. The number of H-pyrrole nitrogens is 1. The molecule has 1 saturated carbocycles. The molecular formula is C15H12Cl2N4OS. The first kappa shape index (κ1) is 15.1. The maximum Gasteiger partial charge on any atom is 0.262 e. The average Bonchev–Trinajstić information content (AvgIpc) is 2.95. The molecule has 1 aliphatic rings. The molecule has 2 heterocycles. The molecule has 0 aliphatic heterocycles. The molecule has 1 aromatic carbocycles. The molecule has 118 valence electrons. The molecule has 0 amide bonds. The molecule has 0 unspecified atom stereocenters. The van der Waals surface area contributed by atoms with E-state index in [2.05, 4.69) is 15.1 Å². The SMILES string of the molecule is O=c1[nH]c(SC[C@@H]2CC2(Cl)Cl)nc2c1cnn2-c1ccccc1. The monoisotopic (exact) mass is 366 g/mol. The van der Waals surface area contributed by atoms with Crippen LogP contribution in [0.3, 0.4) is 0 Å². The fourth-order valence-corrected chi connectivity index (χ4v) is 4.14. The normalized spacial score (nSPS) is 19.1. The first-order valence-corrected chi connectivity index (χ1v) is 8.83. The van der Waals surface area contributed by atoms with E-state index in [1.165, 1.54) is 18.0 Å². The van der Waals surface area contributed by atoms with Crippen LogP contribution >= 0.6 is 35.0 Å². The van der Waals surface area contributed by atoms with Gasteiger partial charge in [0, 0.05) is 11.7 Å². The number of thioether (sulfide) groups is 1. The molecule has 2 aromatic heterocycles. The number of nitrogens with zero attached hydrogens (tertiary/aromatic N) is 3. The molecule has 1 aliphatic carbocycles. The van der Waals surface area contributed by atoms with Gasteiger partial charge < -0.3 is 4.98 Å². The predicted octanol–water partition coefficient (Wildman–Crippen LogP) is 3.39. The van der Waals surface area contributed by atoms with Crippen LogP contribution in [0.15, 0.2) is 46.5 Å². The first-order chi connectivity index (χ1) is 11.0. The second kappa shape index (κ2) is 5.54. The van der Waals surface area contributed by atoms with Crippen molar-refractivity contribution in [2.24, 2.45) is 5.92 Å². The van der Waals surface area contributed by atoms with Crippen LogP contribution < -0.4 is 5.56 Å². The van der Waals surface area contributed by atoms with Crippen molar-refractivity contribution < 1.29 is 0 Å². The molecule has 4 rings (SSSR count). The minimum atomic E-state index is -0.622. The Morgan fingerprint density at radius 2 is 2.09 bits per heavy atom. The highest BCUT2D eigenvalue weighted by Crippen LogP contribution is 2.54. The molecule has 3 aromatic rings. The van der Waals surface area contributed by atoms with Crippen LogP contribution in [0.4, 0.5) is 0 Å². The second-order valence-corrected chi connectivity index (χ2v) is 8.02. The largest absolute Gasteiger partial charge is 0.301 e. The Hall–Kier alpha value is -1.50. The highest BCUT2D eigenvalue weighted by molar-refractivity contribution is 7.99. The number of para-hydroxylation sites is 1. The minimum absolute atomic E-state index is 0.196. The summed E-state index contributed by atoms with van der Waals surface area (Å²) < 4.78 is 1.04. The summed E-state index contributed by atoms with van der Waals surface area (Å²) in [5.74, 6) is 0.955. The number of aromatic amines is 1. The lowest BCUT2D eigenvalue weighted by Gasteiger charge is -2.04. The summed E-state index contributed by atoms with van der Waals surface area (Å²) in [6.07, 6.45) is 2.31. The van der Waals surface area contributed by atoms with Gasteiger partial charge >= 0.3 is 0 Å². The van der Waals surface area contributed by atoms with Crippen LogP contribution in [0.2, 0.25) is 0 Å². The van der Waals surface area contributed by atoms with E-state index in [9.17, 15) is 4.79 Å². The molecule has 0 saturated heterocycles. The van der Waals surface area contributed by atoms with Crippen LogP contribution in [0.1, 0.15) is 6.42 Å². The van der Waals surface area contributed by atoms with E-state index in [0.29, 0.717) is 16.2 Å². The summed E-state index contributed by atoms with van der Waals surface area (Å²) in [6.45, 7) is 0. The summed E-state index contributed by atoms with van der Waals surface area (Å²) in [4.78, 5) is 19.5. The van der Waals surface area contributed by atoms with Gasteiger partial charge in [0.05, 0.1) is 11.9 Å². The van der Waals surface area contributed by atoms with E-state index in [0.717, 1.165) is 17.9 Å². The van der Waals surface area contributed by atoms with Crippen molar-refractivity contribution in [2.45, 2.75) is 15.9 Å². The van der Waals surface area contributed by atoms with E-state index in [1.54, 1.807) is 4.68 Å². The number of nitrogens with one attached hydrogen (secondary N) is 1. The summed E-state index contributed by atoms with van der Waals surface area (Å²) in [5.41, 5.74) is 1.21. The van der Waals surface area contributed by atoms with Crippen LogP contribution in [0, 0.1) is 5.92 Å². The zero-order chi connectivity index (χ0) is 16.0. The number of aromatic nitrogens is 4. The van der Waals surface area contributed by atoms with Crippen molar-refractivity contribution in [1.29, 1.82) is 0 Å². The van der Waals surface area contributed by atoms with Gasteiger partial charge in [-0.15, -0.1) is 23.2 Å². The third-order valence-electron chi connectivity index (χ3n) is 3.79. The van der Waals surface area contributed by atoms with Crippen molar-refractivity contribution in [3.05, 3.63) is 46.9 Å². The minimum Gasteiger partial charge on any atom is -0.301 e. The highest BCUT2D eigenvalue weighted by atomic mass is 35.5. The van der Waals surface area contributed by atoms with Gasteiger partial charge in [0.2, 0.25) is 0 Å². The lowest BCUT2D eigenvalue weighted by atomic mass is 10.3. The Morgan fingerprint density at radius 3 is 2.78 bits per heavy atom. The van der Waals surface area contributed by atoms with Gasteiger partial charge in [-0.2, -0.15) is 5.10 Å². The fraction of sp³-hybridized carbons (Fsp3) is 0.267. The van der Waals surface area contributed by atoms with Crippen LogP contribution in [0.5, 0.6) is 0 Å². The average molecular weight is 367 g/mol. The second-order valence-electron chi connectivity index (χ2n) is 5.47. The number of halogens is 2. The Balaban J connectivity index is 1.69. The molecular weight excluding hydrogens is 355 g/mol. The molecule has 0 radical (unpaired) electrons. The maximum absolute atomic E-state index is 12.2. The van der Waals surface area contributed by atoms with Gasteiger partial charge in [0.1, 0.15) is 9.72 Å². The van der Waals surface area contributed by atoms with Crippen LogP contribution in [-0.4, -0.2) is 29.8 Å².